The summed E-state index contributed by atoms with van der Waals surface area (Å²) in [5.74, 6) is -1.70. The molecule has 1 unspecified atom stereocenters. The molecule has 0 spiro atoms. The molecule has 0 saturated heterocycles. The molecule has 0 saturated carbocycles. The van der Waals surface area contributed by atoms with E-state index in [4.69, 9.17) is 9.52 Å². The van der Waals surface area contributed by atoms with Gasteiger partial charge in [-0.3, -0.25) is 0 Å². The average molecular weight is 279 g/mol. The normalized spacial score (nSPS) is 13.5. The third-order valence-electron chi connectivity index (χ3n) is 2.02. The van der Waals surface area contributed by atoms with E-state index in [0.29, 0.717) is 0 Å². The van der Waals surface area contributed by atoms with Crippen molar-refractivity contribution in [2.45, 2.75) is 17.3 Å². The Morgan fingerprint density at radius 1 is 1.59 bits per heavy atom. The molecule has 8 heteroatoms. The number of sulfonamides is 1. The van der Waals surface area contributed by atoms with Gasteiger partial charge in [0.15, 0.2) is 0 Å². The number of nitrogens with one attached hydrogen (secondary N) is 1. The number of hydrogen-bond donors (Lipinski definition) is 2. The fraction of sp³-hybridized carbons (Fsp3) is 0.444. The fourth-order valence-electron chi connectivity index (χ4n) is 0.961. The van der Waals surface area contributed by atoms with Crippen LogP contribution in [0.1, 0.15) is 17.5 Å². The van der Waals surface area contributed by atoms with Crippen LogP contribution in [0.25, 0.3) is 0 Å². The standard InChI is InChI=1S/C9H13NO5S2/c1-6(16-2)5-10-17(13,14)8-4-3-7(15-8)9(11)12/h3-4,6,10H,5H2,1-2H3,(H,11,12). The highest BCUT2D eigenvalue weighted by Crippen LogP contribution is 2.14. The molecule has 0 bridgehead atoms. The van der Waals surface area contributed by atoms with E-state index in [1.165, 1.54) is 11.8 Å². The van der Waals surface area contributed by atoms with Gasteiger partial charge in [0.1, 0.15) is 0 Å². The van der Waals surface area contributed by atoms with Crippen molar-refractivity contribution >= 4 is 27.8 Å². The minimum atomic E-state index is -3.77. The third-order valence-corrected chi connectivity index (χ3v) is 4.29. The Hall–Kier alpha value is -0.990. The molecule has 1 aromatic rings. The number of aromatic carboxylic acids is 1. The molecule has 1 heterocycles. The first-order valence-electron chi connectivity index (χ1n) is 4.72. The summed E-state index contributed by atoms with van der Waals surface area (Å²) in [5.41, 5.74) is 0. The topological polar surface area (TPSA) is 96.6 Å². The minimum Gasteiger partial charge on any atom is -0.475 e. The van der Waals surface area contributed by atoms with Crippen molar-refractivity contribution in [3.05, 3.63) is 17.9 Å². The van der Waals surface area contributed by atoms with Crippen molar-refractivity contribution < 1.29 is 22.7 Å². The zero-order valence-electron chi connectivity index (χ0n) is 9.34. The third kappa shape index (κ3) is 3.76. The Kier molecular flexibility index (Phi) is 4.61. The second-order valence-corrected chi connectivity index (χ2v) is 6.30. The Labute approximate surface area is 103 Å². The lowest BCUT2D eigenvalue weighted by molar-refractivity contribution is 0.0656. The SMILES string of the molecule is CSC(C)CNS(=O)(=O)c1ccc(C(=O)O)o1. The van der Waals surface area contributed by atoms with E-state index in [1.54, 1.807) is 0 Å². The molecule has 0 fully saturated rings. The van der Waals surface area contributed by atoms with Gasteiger partial charge in [-0.1, -0.05) is 6.92 Å². The van der Waals surface area contributed by atoms with E-state index in [9.17, 15) is 13.2 Å². The smallest absolute Gasteiger partial charge is 0.371 e. The van der Waals surface area contributed by atoms with E-state index in [0.717, 1.165) is 12.1 Å². The van der Waals surface area contributed by atoms with E-state index < -0.39 is 21.8 Å². The van der Waals surface area contributed by atoms with Gasteiger partial charge in [0.05, 0.1) is 0 Å². The average Bonchev–Trinajstić information content (AvgIpc) is 2.76. The van der Waals surface area contributed by atoms with Gasteiger partial charge in [-0.05, 0) is 18.4 Å². The van der Waals surface area contributed by atoms with Crippen LogP contribution >= 0.6 is 11.8 Å². The molecule has 2 N–H and O–H groups in total. The molecule has 0 radical (unpaired) electrons. The van der Waals surface area contributed by atoms with Crippen LogP contribution in [0.2, 0.25) is 0 Å². The summed E-state index contributed by atoms with van der Waals surface area (Å²) >= 11 is 1.52. The molecular formula is C9H13NO5S2. The second-order valence-electron chi connectivity index (χ2n) is 3.32. The van der Waals surface area contributed by atoms with Crippen molar-refractivity contribution in [1.29, 1.82) is 0 Å². The summed E-state index contributed by atoms with van der Waals surface area (Å²) in [6.45, 7) is 2.13. The van der Waals surface area contributed by atoms with Crippen molar-refractivity contribution in [1.82, 2.24) is 4.72 Å². The van der Waals surface area contributed by atoms with Crippen LogP contribution in [0.5, 0.6) is 0 Å². The lowest BCUT2D eigenvalue weighted by Crippen LogP contribution is -2.29. The zero-order chi connectivity index (χ0) is 13.1. The Bertz CT molecular complexity index is 493. The number of carboxylic acids is 1. The molecule has 1 atom stereocenters. The van der Waals surface area contributed by atoms with Gasteiger partial charge in [0, 0.05) is 11.8 Å². The number of thioether (sulfide) groups is 1. The van der Waals surface area contributed by atoms with Gasteiger partial charge in [-0.15, -0.1) is 0 Å². The summed E-state index contributed by atoms with van der Waals surface area (Å²) in [4.78, 5) is 10.5. The highest BCUT2D eigenvalue weighted by Gasteiger charge is 2.21. The number of rotatable bonds is 6. The van der Waals surface area contributed by atoms with Crippen LogP contribution in [0.15, 0.2) is 21.6 Å². The Morgan fingerprint density at radius 3 is 2.71 bits per heavy atom. The quantitative estimate of drug-likeness (QED) is 0.806. The number of furan rings is 1. The minimum absolute atomic E-state index is 0.124. The molecule has 17 heavy (non-hydrogen) atoms. The maximum Gasteiger partial charge on any atom is 0.371 e. The monoisotopic (exact) mass is 279 g/mol. The van der Waals surface area contributed by atoms with Crippen LogP contribution < -0.4 is 4.72 Å². The van der Waals surface area contributed by atoms with Gasteiger partial charge in [-0.2, -0.15) is 11.8 Å². The summed E-state index contributed by atoms with van der Waals surface area (Å²) in [5, 5.41) is 8.35. The highest BCUT2D eigenvalue weighted by atomic mass is 32.2. The van der Waals surface area contributed by atoms with Crippen LogP contribution in [-0.2, 0) is 10.0 Å². The molecule has 0 amide bonds. The van der Waals surface area contributed by atoms with Crippen molar-refractivity contribution in [3.63, 3.8) is 0 Å². The molecule has 0 aromatic carbocycles. The fourth-order valence-corrected chi connectivity index (χ4v) is 2.37. The lowest BCUT2D eigenvalue weighted by atomic mass is 10.5. The number of carbonyl (C=O) groups is 1. The van der Waals surface area contributed by atoms with E-state index in [2.05, 4.69) is 4.72 Å². The number of hydrogen-bond acceptors (Lipinski definition) is 5. The van der Waals surface area contributed by atoms with Gasteiger partial charge in [0.2, 0.25) is 10.9 Å². The summed E-state index contributed by atoms with van der Waals surface area (Å²) in [7, 11) is -3.77. The van der Waals surface area contributed by atoms with Crippen molar-refractivity contribution in [3.8, 4) is 0 Å². The number of carboxylic acid groups (broad SMARTS) is 1. The molecule has 6 nitrogen and oxygen atoms in total. The van der Waals surface area contributed by atoms with Gasteiger partial charge < -0.3 is 9.52 Å². The summed E-state index contributed by atoms with van der Waals surface area (Å²) < 4.78 is 30.4. The molecule has 0 aliphatic heterocycles. The van der Waals surface area contributed by atoms with Crippen LogP contribution in [0, 0.1) is 0 Å². The molecule has 1 aromatic heterocycles. The first-order chi connectivity index (χ1) is 7.86. The van der Waals surface area contributed by atoms with E-state index in [1.807, 2.05) is 13.2 Å². The van der Waals surface area contributed by atoms with Gasteiger partial charge in [0.25, 0.3) is 10.0 Å². The van der Waals surface area contributed by atoms with E-state index in [-0.39, 0.29) is 16.9 Å². The highest BCUT2D eigenvalue weighted by molar-refractivity contribution is 7.99. The second kappa shape index (κ2) is 5.56. The van der Waals surface area contributed by atoms with Gasteiger partial charge in [-0.25, -0.2) is 17.9 Å². The van der Waals surface area contributed by atoms with Crippen LogP contribution in [-0.4, -0.2) is 37.5 Å². The Morgan fingerprint density at radius 2 is 2.24 bits per heavy atom. The van der Waals surface area contributed by atoms with Crippen molar-refractivity contribution in [2.75, 3.05) is 12.8 Å². The predicted octanol–water partition coefficient (Wildman–Crippen LogP) is 1.01. The zero-order valence-corrected chi connectivity index (χ0v) is 11.0. The lowest BCUT2D eigenvalue weighted by Gasteiger charge is -2.08. The van der Waals surface area contributed by atoms with Gasteiger partial charge >= 0.3 is 5.97 Å². The predicted molar refractivity (Wildman–Crippen MR) is 63.8 cm³/mol. The Balaban J connectivity index is 2.79. The molecular weight excluding hydrogens is 266 g/mol. The maximum atomic E-state index is 11.7. The largest absolute Gasteiger partial charge is 0.475 e. The molecule has 1 rings (SSSR count). The molecule has 0 aliphatic rings. The maximum absolute atomic E-state index is 11.7. The van der Waals surface area contributed by atoms with Crippen LogP contribution in [0.3, 0.4) is 0 Å². The molecule has 0 aliphatic carbocycles. The first kappa shape index (κ1) is 14.1. The summed E-state index contributed by atoms with van der Waals surface area (Å²) in [6.07, 6.45) is 1.87. The first-order valence-corrected chi connectivity index (χ1v) is 7.49. The van der Waals surface area contributed by atoms with Crippen molar-refractivity contribution in [2.24, 2.45) is 0 Å². The molecule has 96 valence electrons. The van der Waals surface area contributed by atoms with E-state index >= 15 is 0 Å². The summed E-state index contributed by atoms with van der Waals surface area (Å²) in [6, 6.07) is 2.23. The van der Waals surface area contributed by atoms with Crippen LogP contribution in [0.4, 0.5) is 0 Å².